The molecule has 2 aromatic carbocycles. The van der Waals surface area contributed by atoms with Gasteiger partial charge in [0, 0.05) is 17.1 Å². The summed E-state index contributed by atoms with van der Waals surface area (Å²) in [7, 11) is 0. The average molecular weight is 404 g/mol. The van der Waals surface area contributed by atoms with Gasteiger partial charge in [-0.05, 0) is 54.8 Å². The predicted octanol–water partition coefficient (Wildman–Crippen LogP) is 4.91. The smallest absolute Gasteiger partial charge is 0.308 e. The van der Waals surface area contributed by atoms with Gasteiger partial charge >= 0.3 is 6.03 Å². The molecule has 0 spiro atoms. The first-order valence-corrected chi connectivity index (χ1v) is 10.1. The van der Waals surface area contributed by atoms with Gasteiger partial charge in [0.05, 0.1) is 11.6 Å². The maximum atomic E-state index is 12.3. The Kier molecular flexibility index (Phi) is 5.44. The van der Waals surface area contributed by atoms with Crippen LogP contribution in [0.1, 0.15) is 16.7 Å². The van der Waals surface area contributed by atoms with Gasteiger partial charge in [0.1, 0.15) is 11.4 Å². The van der Waals surface area contributed by atoms with Crippen molar-refractivity contribution in [2.24, 2.45) is 0 Å². The van der Waals surface area contributed by atoms with Crippen LogP contribution in [0.25, 0.3) is 11.0 Å². The Balaban J connectivity index is 1.39. The van der Waals surface area contributed by atoms with Crippen molar-refractivity contribution in [3.63, 3.8) is 0 Å². The number of aryl methyl sites for hydroxylation is 2. The van der Waals surface area contributed by atoms with Crippen LogP contribution >= 0.6 is 11.8 Å². The number of fused-ring (bicyclic) bond motifs is 1. The molecule has 0 saturated carbocycles. The van der Waals surface area contributed by atoms with Gasteiger partial charge < -0.3 is 10.6 Å². The maximum Gasteiger partial charge on any atom is 0.323 e. The van der Waals surface area contributed by atoms with Crippen LogP contribution in [0.5, 0.6) is 0 Å². The lowest BCUT2D eigenvalue weighted by Crippen LogP contribution is -2.19. The summed E-state index contributed by atoms with van der Waals surface area (Å²) in [6, 6.07) is 13.4. The van der Waals surface area contributed by atoms with E-state index in [9.17, 15) is 4.79 Å². The van der Waals surface area contributed by atoms with Crippen LogP contribution in [0.3, 0.4) is 0 Å². The van der Waals surface area contributed by atoms with Crippen LogP contribution in [0.15, 0.2) is 60.0 Å². The number of urea groups is 1. The summed E-state index contributed by atoms with van der Waals surface area (Å²) < 4.78 is 0. The number of aromatic nitrogens is 4. The summed E-state index contributed by atoms with van der Waals surface area (Å²) in [6.45, 7) is 4.07. The molecule has 3 N–H and O–H groups in total. The van der Waals surface area contributed by atoms with E-state index in [-0.39, 0.29) is 6.03 Å². The van der Waals surface area contributed by atoms with Gasteiger partial charge in [-0.2, -0.15) is 5.10 Å². The first kappa shape index (κ1) is 18.9. The van der Waals surface area contributed by atoms with Crippen molar-refractivity contribution < 1.29 is 4.79 Å². The second kappa shape index (κ2) is 8.32. The van der Waals surface area contributed by atoms with E-state index < -0.39 is 0 Å². The third-order valence-corrected chi connectivity index (χ3v) is 5.61. The standard InChI is InChI=1S/C21H20N6OS/c1-13-6-7-17(8-14(13)2)26-21(28)25-16-5-3-4-15(9-16)11-29-20-18-10-24-27-19(18)22-12-23-20/h3-10,12H,11H2,1-2H3,(H2,25,26,28)(H,22,23,24,27). The van der Waals surface area contributed by atoms with Crippen molar-refractivity contribution in [1.29, 1.82) is 0 Å². The third kappa shape index (κ3) is 4.55. The number of thioether (sulfide) groups is 1. The third-order valence-electron chi connectivity index (χ3n) is 4.54. The number of anilines is 2. The van der Waals surface area contributed by atoms with Crippen LogP contribution < -0.4 is 10.6 Å². The highest BCUT2D eigenvalue weighted by Crippen LogP contribution is 2.27. The molecule has 0 fully saturated rings. The largest absolute Gasteiger partial charge is 0.323 e. The summed E-state index contributed by atoms with van der Waals surface area (Å²) in [4.78, 5) is 20.8. The summed E-state index contributed by atoms with van der Waals surface area (Å²) in [5, 5.41) is 14.4. The minimum absolute atomic E-state index is 0.269. The van der Waals surface area contributed by atoms with E-state index in [0.29, 0.717) is 5.75 Å². The van der Waals surface area contributed by atoms with Crippen molar-refractivity contribution >= 4 is 40.2 Å². The second-order valence-electron chi connectivity index (χ2n) is 6.68. The molecular formula is C21H20N6OS. The van der Waals surface area contributed by atoms with E-state index in [4.69, 9.17) is 0 Å². The van der Waals surface area contributed by atoms with E-state index >= 15 is 0 Å². The molecule has 0 aliphatic carbocycles. The summed E-state index contributed by atoms with van der Waals surface area (Å²) in [6.07, 6.45) is 3.25. The number of rotatable bonds is 5. The first-order valence-electron chi connectivity index (χ1n) is 9.09. The quantitative estimate of drug-likeness (QED) is 0.325. The van der Waals surface area contributed by atoms with E-state index in [0.717, 1.165) is 38.6 Å². The SMILES string of the molecule is Cc1ccc(NC(=O)Nc2cccc(CSc3ncnc4[nH]ncc34)c2)cc1C. The zero-order valence-electron chi connectivity index (χ0n) is 16.1. The lowest BCUT2D eigenvalue weighted by molar-refractivity contribution is 0.262. The number of benzene rings is 2. The van der Waals surface area contributed by atoms with Gasteiger partial charge in [-0.25, -0.2) is 14.8 Å². The lowest BCUT2D eigenvalue weighted by Gasteiger charge is -2.10. The van der Waals surface area contributed by atoms with E-state index in [2.05, 4.69) is 30.8 Å². The van der Waals surface area contributed by atoms with E-state index in [1.54, 1.807) is 18.0 Å². The van der Waals surface area contributed by atoms with Crippen molar-refractivity contribution in [3.05, 3.63) is 71.7 Å². The molecule has 7 nitrogen and oxygen atoms in total. The molecule has 4 aromatic rings. The van der Waals surface area contributed by atoms with Gasteiger partial charge in [-0.15, -0.1) is 11.8 Å². The molecule has 0 saturated heterocycles. The molecule has 0 unspecified atom stereocenters. The Morgan fingerprint density at radius 1 is 1.03 bits per heavy atom. The lowest BCUT2D eigenvalue weighted by atomic mass is 10.1. The molecule has 4 rings (SSSR count). The fraction of sp³-hybridized carbons (Fsp3) is 0.143. The Bertz CT molecular complexity index is 1170. The molecule has 146 valence electrons. The number of hydrogen-bond donors (Lipinski definition) is 3. The Morgan fingerprint density at radius 2 is 1.86 bits per heavy atom. The Labute approximate surface area is 172 Å². The number of hydrogen-bond acceptors (Lipinski definition) is 5. The Hall–Kier alpha value is -3.39. The number of nitrogens with zero attached hydrogens (tertiary/aromatic N) is 3. The summed E-state index contributed by atoms with van der Waals surface area (Å²) >= 11 is 1.60. The number of carbonyl (C=O) groups excluding carboxylic acids is 1. The fourth-order valence-corrected chi connectivity index (χ4v) is 3.77. The molecule has 29 heavy (non-hydrogen) atoms. The van der Waals surface area contributed by atoms with Crippen LogP contribution in [0, 0.1) is 13.8 Å². The highest BCUT2D eigenvalue weighted by molar-refractivity contribution is 7.98. The number of nitrogens with one attached hydrogen (secondary N) is 3. The monoisotopic (exact) mass is 404 g/mol. The van der Waals surface area contributed by atoms with Gasteiger partial charge in [0.25, 0.3) is 0 Å². The molecular weight excluding hydrogens is 384 g/mol. The maximum absolute atomic E-state index is 12.3. The number of amides is 2. The molecule has 0 aliphatic rings. The van der Waals surface area contributed by atoms with E-state index in [1.807, 2.05) is 56.3 Å². The van der Waals surface area contributed by atoms with Crippen molar-refractivity contribution in [1.82, 2.24) is 20.2 Å². The van der Waals surface area contributed by atoms with E-state index in [1.165, 1.54) is 11.9 Å². The van der Waals surface area contributed by atoms with Crippen LogP contribution in [0.2, 0.25) is 0 Å². The fourth-order valence-electron chi connectivity index (χ4n) is 2.86. The highest BCUT2D eigenvalue weighted by Gasteiger charge is 2.08. The molecule has 2 heterocycles. The minimum atomic E-state index is -0.269. The molecule has 0 aliphatic heterocycles. The normalized spacial score (nSPS) is 10.8. The van der Waals surface area contributed by atoms with Gasteiger partial charge in [0.2, 0.25) is 0 Å². The zero-order valence-corrected chi connectivity index (χ0v) is 16.9. The van der Waals surface area contributed by atoms with Crippen LogP contribution in [0.4, 0.5) is 16.2 Å². The minimum Gasteiger partial charge on any atom is -0.308 e. The zero-order chi connectivity index (χ0) is 20.2. The topological polar surface area (TPSA) is 95.6 Å². The molecule has 2 amide bonds. The van der Waals surface area contributed by atoms with Gasteiger partial charge in [-0.3, -0.25) is 5.10 Å². The van der Waals surface area contributed by atoms with Gasteiger partial charge in [-0.1, -0.05) is 18.2 Å². The van der Waals surface area contributed by atoms with Crippen molar-refractivity contribution in [2.45, 2.75) is 24.6 Å². The molecule has 2 aromatic heterocycles. The summed E-state index contributed by atoms with van der Waals surface area (Å²) in [5.41, 5.74) is 5.64. The van der Waals surface area contributed by atoms with Crippen molar-refractivity contribution in [3.8, 4) is 0 Å². The predicted molar refractivity (Wildman–Crippen MR) is 116 cm³/mol. The highest BCUT2D eigenvalue weighted by atomic mass is 32.2. The molecule has 0 radical (unpaired) electrons. The van der Waals surface area contributed by atoms with Crippen LogP contribution in [-0.2, 0) is 5.75 Å². The molecule has 0 atom stereocenters. The molecule has 8 heteroatoms. The first-order chi connectivity index (χ1) is 14.1. The Morgan fingerprint density at radius 3 is 2.69 bits per heavy atom. The molecule has 0 bridgehead atoms. The summed E-state index contributed by atoms with van der Waals surface area (Å²) in [5.74, 6) is 0.714. The van der Waals surface area contributed by atoms with Crippen molar-refractivity contribution in [2.75, 3.05) is 10.6 Å². The second-order valence-corrected chi connectivity index (χ2v) is 7.64. The number of aromatic amines is 1. The number of carbonyl (C=O) groups is 1. The van der Waals surface area contributed by atoms with Crippen LogP contribution in [-0.4, -0.2) is 26.2 Å². The number of H-pyrrole nitrogens is 1. The average Bonchev–Trinajstić information content (AvgIpc) is 3.19. The van der Waals surface area contributed by atoms with Gasteiger partial charge in [0.15, 0.2) is 5.65 Å².